The Morgan fingerprint density at radius 1 is 1.20 bits per heavy atom. The Balaban J connectivity index is 1.95. The number of Topliss-reactive ketones (excluding diaryl/α,β-unsaturated/α-hetero) is 1. The topological polar surface area (TPSA) is 94.1 Å². The van der Waals surface area contributed by atoms with Gasteiger partial charge in [-0.2, -0.15) is 0 Å². The van der Waals surface area contributed by atoms with E-state index in [0.717, 1.165) is 4.90 Å². The highest BCUT2D eigenvalue weighted by Gasteiger charge is 2.31. The second kappa shape index (κ2) is 6.37. The molecule has 0 radical (unpaired) electrons. The number of nitro groups is 1. The van der Waals surface area contributed by atoms with Gasteiger partial charge in [0.15, 0.2) is 11.5 Å². The predicted octanol–water partition coefficient (Wildman–Crippen LogP) is 1.56. The zero-order valence-electron chi connectivity index (χ0n) is 13.8. The minimum Gasteiger partial charge on any atom is -0.507 e. The summed E-state index contributed by atoms with van der Waals surface area (Å²) in [5, 5.41) is 20.8. The molecule has 2 aromatic carbocycles. The second-order valence-corrected chi connectivity index (χ2v) is 6.11. The number of quaternary nitrogens is 1. The number of allylic oxidation sites excluding steroid dienone is 1. The van der Waals surface area contributed by atoms with Gasteiger partial charge in [-0.05, 0) is 35.9 Å². The summed E-state index contributed by atoms with van der Waals surface area (Å²) in [6, 6.07) is 8.86. The number of rotatable bonds is 4. The molecule has 25 heavy (non-hydrogen) atoms. The maximum Gasteiger partial charge on any atom is 0.269 e. The highest BCUT2D eigenvalue weighted by molar-refractivity contribution is 6.14. The molecule has 1 heterocycles. The molecule has 7 heteroatoms. The number of hydrogen-bond acceptors (Lipinski definition) is 5. The molecule has 128 valence electrons. The average Bonchev–Trinajstić information content (AvgIpc) is 2.87. The van der Waals surface area contributed by atoms with Gasteiger partial charge < -0.3 is 14.7 Å². The Hall–Kier alpha value is -3.19. The van der Waals surface area contributed by atoms with Crippen LogP contribution >= 0.6 is 0 Å². The van der Waals surface area contributed by atoms with Crippen LogP contribution in [0.25, 0.3) is 6.08 Å². The number of non-ortho nitro benzene ring substituents is 1. The van der Waals surface area contributed by atoms with E-state index in [1.165, 1.54) is 30.3 Å². The van der Waals surface area contributed by atoms with Gasteiger partial charge in [-0.25, -0.2) is 0 Å². The first-order valence-electron chi connectivity index (χ1n) is 7.69. The van der Waals surface area contributed by atoms with Gasteiger partial charge >= 0.3 is 0 Å². The third kappa shape index (κ3) is 3.22. The van der Waals surface area contributed by atoms with Gasteiger partial charge in [0.05, 0.1) is 30.1 Å². The molecule has 0 amide bonds. The Labute approximate surface area is 143 Å². The fraction of sp³-hybridized carbons (Fsp3) is 0.167. The second-order valence-electron chi connectivity index (χ2n) is 6.11. The van der Waals surface area contributed by atoms with E-state index in [-0.39, 0.29) is 23.0 Å². The number of nitrogens with one attached hydrogen (secondary N) is 1. The summed E-state index contributed by atoms with van der Waals surface area (Å²) in [5.41, 5.74) is 1.58. The first-order valence-corrected chi connectivity index (χ1v) is 7.69. The molecule has 7 nitrogen and oxygen atoms in total. The lowest BCUT2D eigenvalue weighted by Gasteiger charge is -2.11. The van der Waals surface area contributed by atoms with Crippen LogP contribution in [0.3, 0.4) is 0 Å². The van der Waals surface area contributed by atoms with E-state index in [1.807, 2.05) is 14.1 Å². The third-order valence-electron chi connectivity index (χ3n) is 3.85. The average molecular weight is 341 g/mol. The summed E-state index contributed by atoms with van der Waals surface area (Å²) in [7, 11) is 3.87. The van der Waals surface area contributed by atoms with Gasteiger partial charge in [0.25, 0.3) is 5.69 Å². The van der Waals surface area contributed by atoms with Crippen molar-refractivity contribution >= 4 is 17.5 Å². The molecule has 1 aliphatic rings. The molecule has 1 aliphatic heterocycles. The number of fused-ring (bicyclic) bond motifs is 1. The molecular weight excluding hydrogens is 324 g/mol. The quantitative estimate of drug-likeness (QED) is 0.500. The van der Waals surface area contributed by atoms with Crippen LogP contribution in [0, 0.1) is 10.1 Å². The van der Waals surface area contributed by atoms with Crippen molar-refractivity contribution in [1.29, 1.82) is 0 Å². The number of ether oxygens (including phenoxy) is 1. The SMILES string of the molecule is C[NH+](C)Cc1c(O)ccc2c1O/C(=C/c1ccc([N+](=O)[O-])cc1)C2=O. The van der Waals surface area contributed by atoms with Crippen molar-refractivity contribution < 1.29 is 24.5 Å². The molecule has 0 aromatic heterocycles. The molecule has 0 bridgehead atoms. The third-order valence-corrected chi connectivity index (χ3v) is 3.85. The van der Waals surface area contributed by atoms with Crippen LogP contribution in [0.5, 0.6) is 11.5 Å². The molecule has 3 rings (SSSR count). The van der Waals surface area contributed by atoms with Crippen LogP contribution in [0.4, 0.5) is 5.69 Å². The minimum absolute atomic E-state index is 0.0229. The standard InChI is InChI=1S/C18H16N2O5/c1-19(2)10-14-15(21)8-7-13-17(22)16(25-18(13)14)9-11-3-5-12(6-4-11)20(23)24/h3-9,21H,10H2,1-2H3/p+1/b16-9+. The Kier molecular flexibility index (Phi) is 4.24. The largest absolute Gasteiger partial charge is 0.507 e. The molecule has 0 fully saturated rings. The predicted molar refractivity (Wildman–Crippen MR) is 90.7 cm³/mol. The molecule has 0 saturated carbocycles. The molecule has 0 saturated heterocycles. The number of carbonyl (C=O) groups excluding carboxylic acids is 1. The number of nitrogens with zero attached hydrogens (tertiary/aromatic N) is 1. The molecule has 2 N–H and O–H groups in total. The van der Waals surface area contributed by atoms with Crippen LogP contribution in [0.2, 0.25) is 0 Å². The van der Waals surface area contributed by atoms with Crippen molar-refractivity contribution in [2.75, 3.05) is 14.1 Å². The van der Waals surface area contributed by atoms with Crippen LogP contribution in [-0.4, -0.2) is 29.9 Å². The van der Waals surface area contributed by atoms with Gasteiger partial charge in [0.2, 0.25) is 5.78 Å². The summed E-state index contributed by atoms with van der Waals surface area (Å²) >= 11 is 0. The van der Waals surface area contributed by atoms with Gasteiger partial charge in [0, 0.05) is 12.1 Å². The molecular formula is C18H17N2O5+. The molecule has 0 aliphatic carbocycles. The number of aromatic hydroxyl groups is 1. The van der Waals surface area contributed by atoms with E-state index < -0.39 is 4.92 Å². The van der Waals surface area contributed by atoms with Gasteiger partial charge in [-0.1, -0.05) is 0 Å². The lowest BCUT2D eigenvalue weighted by atomic mass is 10.0. The van der Waals surface area contributed by atoms with Gasteiger partial charge in [0.1, 0.15) is 12.3 Å². The number of carbonyl (C=O) groups is 1. The summed E-state index contributed by atoms with van der Waals surface area (Å²) in [5.74, 6) is 0.316. The maximum absolute atomic E-state index is 12.5. The van der Waals surface area contributed by atoms with Crippen LogP contribution in [0.1, 0.15) is 21.5 Å². The number of benzene rings is 2. The van der Waals surface area contributed by atoms with Crippen LogP contribution in [-0.2, 0) is 6.54 Å². The van der Waals surface area contributed by atoms with Gasteiger partial charge in [-0.15, -0.1) is 0 Å². The van der Waals surface area contributed by atoms with Crippen molar-refractivity contribution in [3.8, 4) is 11.5 Å². The van der Waals surface area contributed by atoms with Crippen molar-refractivity contribution in [1.82, 2.24) is 0 Å². The summed E-state index contributed by atoms with van der Waals surface area (Å²) in [6.45, 7) is 0.507. The zero-order valence-corrected chi connectivity index (χ0v) is 13.8. The van der Waals surface area contributed by atoms with E-state index in [2.05, 4.69) is 0 Å². The first kappa shape index (κ1) is 16.7. The lowest BCUT2D eigenvalue weighted by Crippen LogP contribution is -3.04. The number of nitro benzene ring substituents is 1. The monoisotopic (exact) mass is 341 g/mol. The lowest BCUT2D eigenvalue weighted by molar-refractivity contribution is -0.872. The number of ketones is 1. The number of phenols is 1. The molecule has 0 spiro atoms. The Morgan fingerprint density at radius 3 is 2.48 bits per heavy atom. The van der Waals surface area contributed by atoms with Gasteiger partial charge in [-0.3, -0.25) is 14.9 Å². The van der Waals surface area contributed by atoms with E-state index in [9.17, 15) is 20.0 Å². The van der Waals surface area contributed by atoms with E-state index >= 15 is 0 Å². The highest BCUT2D eigenvalue weighted by Crippen LogP contribution is 2.39. The van der Waals surface area contributed by atoms with E-state index in [0.29, 0.717) is 29.0 Å². The summed E-state index contributed by atoms with van der Waals surface area (Å²) in [6.07, 6.45) is 1.54. The highest BCUT2D eigenvalue weighted by atomic mass is 16.6. The fourth-order valence-electron chi connectivity index (χ4n) is 2.66. The molecule has 0 atom stereocenters. The van der Waals surface area contributed by atoms with Crippen molar-refractivity contribution in [3.05, 3.63) is 69.0 Å². The van der Waals surface area contributed by atoms with E-state index in [4.69, 9.17) is 4.74 Å². The summed E-state index contributed by atoms with van der Waals surface area (Å²) < 4.78 is 5.72. The Bertz CT molecular complexity index is 885. The van der Waals surface area contributed by atoms with Crippen LogP contribution in [0.15, 0.2) is 42.2 Å². The fourth-order valence-corrected chi connectivity index (χ4v) is 2.66. The Morgan fingerprint density at radius 2 is 1.88 bits per heavy atom. The van der Waals surface area contributed by atoms with Crippen molar-refractivity contribution in [2.45, 2.75) is 6.54 Å². The number of hydrogen-bond donors (Lipinski definition) is 2. The number of phenolic OH excluding ortho intramolecular Hbond substituents is 1. The smallest absolute Gasteiger partial charge is 0.269 e. The first-order chi connectivity index (χ1) is 11.9. The van der Waals surface area contributed by atoms with E-state index in [1.54, 1.807) is 12.1 Å². The maximum atomic E-state index is 12.5. The molecule has 0 unspecified atom stereocenters. The van der Waals surface area contributed by atoms with Crippen LogP contribution < -0.4 is 9.64 Å². The summed E-state index contributed by atoms with van der Waals surface area (Å²) in [4.78, 5) is 23.8. The molecule has 2 aromatic rings. The van der Waals surface area contributed by atoms with Crippen molar-refractivity contribution in [2.24, 2.45) is 0 Å². The van der Waals surface area contributed by atoms with Crippen molar-refractivity contribution in [3.63, 3.8) is 0 Å². The minimum atomic E-state index is -0.484. The normalized spacial score (nSPS) is 14.7. The zero-order chi connectivity index (χ0) is 18.1.